The molecule has 19 heavy (non-hydrogen) atoms. The average molecular weight is 271 g/mol. The molecule has 0 saturated carbocycles. The fraction of sp³-hybridized carbons (Fsp3) is 0.294. The van der Waals surface area contributed by atoms with Crippen molar-refractivity contribution in [2.45, 2.75) is 37.0 Å². The highest BCUT2D eigenvalue weighted by atomic mass is 32.2. The van der Waals surface area contributed by atoms with Crippen LogP contribution in [0.5, 0.6) is 0 Å². The molecule has 0 radical (unpaired) electrons. The van der Waals surface area contributed by atoms with Crippen LogP contribution in [0.3, 0.4) is 0 Å². The molecule has 0 aliphatic rings. The first-order valence-electron chi connectivity index (χ1n) is 6.73. The lowest BCUT2D eigenvalue weighted by Gasteiger charge is -2.10. The Morgan fingerprint density at radius 2 is 1.84 bits per heavy atom. The van der Waals surface area contributed by atoms with Crippen LogP contribution in [0, 0.1) is 6.92 Å². The van der Waals surface area contributed by atoms with Crippen LogP contribution in [0.1, 0.15) is 36.1 Å². The zero-order chi connectivity index (χ0) is 13.7. The van der Waals surface area contributed by atoms with Crippen molar-refractivity contribution in [3.63, 3.8) is 0 Å². The van der Waals surface area contributed by atoms with E-state index < -0.39 is 0 Å². The number of benzene rings is 2. The van der Waals surface area contributed by atoms with Gasteiger partial charge in [-0.1, -0.05) is 48.9 Å². The standard InChI is InChI=1S/C17H21NS/c1-3-17(18)15-7-9-16(10-8-15)19-12-14-6-4-5-13(2)11-14/h4-11,17H,3,12,18H2,1-2H3/t17-/m0/s1. The van der Waals surface area contributed by atoms with E-state index in [4.69, 9.17) is 5.73 Å². The first-order valence-corrected chi connectivity index (χ1v) is 7.71. The Balaban J connectivity index is 1.96. The second-order valence-electron chi connectivity index (χ2n) is 4.86. The van der Waals surface area contributed by atoms with E-state index >= 15 is 0 Å². The lowest BCUT2D eigenvalue weighted by atomic mass is 10.1. The van der Waals surface area contributed by atoms with E-state index in [-0.39, 0.29) is 6.04 Å². The molecule has 0 heterocycles. The first-order chi connectivity index (χ1) is 9.19. The first kappa shape index (κ1) is 14.2. The summed E-state index contributed by atoms with van der Waals surface area (Å²) in [5.74, 6) is 1.01. The summed E-state index contributed by atoms with van der Waals surface area (Å²) < 4.78 is 0. The van der Waals surface area contributed by atoms with E-state index in [0.29, 0.717) is 0 Å². The van der Waals surface area contributed by atoms with E-state index in [2.05, 4.69) is 62.4 Å². The van der Waals surface area contributed by atoms with Gasteiger partial charge in [-0.05, 0) is 36.6 Å². The third kappa shape index (κ3) is 4.12. The smallest absolute Gasteiger partial charge is 0.0292 e. The molecule has 2 heteroatoms. The monoisotopic (exact) mass is 271 g/mol. The molecule has 0 amide bonds. The summed E-state index contributed by atoms with van der Waals surface area (Å²) >= 11 is 1.87. The van der Waals surface area contributed by atoms with Gasteiger partial charge in [0.1, 0.15) is 0 Å². The van der Waals surface area contributed by atoms with Crippen LogP contribution < -0.4 is 5.73 Å². The van der Waals surface area contributed by atoms with E-state index in [9.17, 15) is 0 Å². The van der Waals surface area contributed by atoms with E-state index in [1.165, 1.54) is 21.6 Å². The molecule has 2 aromatic carbocycles. The average Bonchev–Trinajstić information content (AvgIpc) is 2.45. The third-order valence-corrected chi connectivity index (χ3v) is 4.32. The van der Waals surface area contributed by atoms with Crippen LogP contribution in [0.15, 0.2) is 53.4 Å². The Kier molecular flexibility index (Phi) is 5.06. The minimum atomic E-state index is 0.163. The van der Waals surface area contributed by atoms with Crippen molar-refractivity contribution in [1.29, 1.82) is 0 Å². The predicted molar refractivity (Wildman–Crippen MR) is 84.4 cm³/mol. The number of hydrogen-bond donors (Lipinski definition) is 1. The molecular formula is C17H21NS. The fourth-order valence-corrected chi connectivity index (χ4v) is 2.86. The predicted octanol–water partition coefficient (Wildman–Crippen LogP) is 4.70. The Morgan fingerprint density at radius 3 is 2.47 bits per heavy atom. The molecule has 0 bridgehead atoms. The Bertz CT molecular complexity index is 519. The molecular weight excluding hydrogens is 250 g/mol. The molecule has 0 spiro atoms. The maximum atomic E-state index is 6.02. The second kappa shape index (κ2) is 6.78. The van der Waals surface area contributed by atoms with Crippen LogP contribution in [-0.2, 0) is 5.75 Å². The molecule has 2 N–H and O–H groups in total. The maximum Gasteiger partial charge on any atom is 0.0292 e. The van der Waals surface area contributed by atoms with Gasteiger partial charge in [0.15, 0.2) is 0 Å². The van der Waals surface area contributed by atoms with Gasteiger partial charge in [0.25, 0.3) is 0 Å². The quantitative estimate of drug-likeness (QED) is 0.798. The normalized spacial score (nSPS) is 12.4. The van der Waals surface area contributed by atoms with Crippen molar-refractivity contribution >= 4 is 11.8 Å². The Morgan fingerprint density at radius 1 is 1.11 bits per heavy atom. The number of thioether (sulfide) groups is 1. The molecule has 0 aromatic heterocycles. The van der Waals surface area contributed by atoms with E-state index in [1.54, 1.807) is 0 Å². The molecule has 0 aliphatic heterocycles. The van der Waals surface area contributed by atoms with Gasteiger partial charge < -0.3 is 5.73 Å². The van der Waals surface area contributed by atoms with Crippen molar-refractivity contribution in [3.05, 3.63) is 65.2 Å². The van der Waals surface area contributed by atoms with Gasteiger partial charge in [-0.2, -0.15) is 0 Å². The lowest BCUT2D eigenvalue weighted by Crippen LogP contribution is -2.07. The molecule has 1 atom stereocenters. The van der Waals surface area contributed by atoms with Crippen LogP contribution in [-0.4, -0.2) is 0 Å². The van der Waals surface area contributed by atoms with Crippen molar-refractivity contribution in [3.8, 4) is 0 Å². The van der Waals surface area contributed by atoms with Gasteiger partial charge in [0, 0.05) is 16.7 Å². The van der Waals surface area contributed by atoms with Gasteiger partial charge in [-0.15, -0.1) is 11.8 Å². The molecule has 0 unspecified atom stereocenters. The van der Waals surface area contributed by atoms with Crippen LogP contribution in [0.4, 0.5) is 0 Å². The molecule has 2 rings (SSSR count). The van der Waals surface area contributed by atoms with Crippen molar-refractivity contribution in [2.75, 3.05) is 0 Å². The maximum absolute atomic E-state index is 6.02. The van der Waals surface area contributed by atoms with Crippen molar-refractivity contribution in [1.82, 2.24) is 0 Å². The molecule has 100 valence electrons. The summed E-state index contributed by atoms with van der Waals surface area (Å²) in [5, 5.41) is 0. The fourth-order valence-electron chi connectivity index (χ4n) is 2.02. The molecule has 2 aromatic rings. The summed E-state index contributed by atoms with van der Waals surface area (Å²) in [6, 6.07) is 17.5. The van der Waals surface area contributed by atoms with E-state index in [0.717, 1.165) is 12.2 Å². The number of rotatable bonds is 5. The summed E-state index contributed by atoms with van der Waals surface area (Å²) in [4.78, 5) is 1.30. The number of nitrogens with two attached hydrogens (primary N) is 1. The minimum Gasteiger partial charge on any atom is -0.324 e. The molecule has 0 aliphatic carbocycles. The molecule has 1 nitrogen and oxygen atoms in total. The van der Waals surface area contributed by atoms with Crippen LogP contribution in [0.2, 0.25) is 0 Å². The molecule has 0 fully saturated rings. The van der Waals surface area contributed by atoms with Gasteiger partial charge in [0.05, 0.1) is 0 Å². The Hall–Kier alpha value is -1.25. The zero-order valence-corrected chi connectivity index (χ0v) is 12.4. The summed E-state index contributed by atoms with van der Waals surface area (Å²) in [6.07, 6.45) is 0.982. The second-order valence-corrected chi connectivity index (χ2v) is 5.91. The van der Waals surface area contributed by atoms with Crippen LogP contribution >= 0.6 is 11.8 Å². The van der Waals surface area contributed by atoms with Gasteiger partial charge in [0.2, 0.25) is 0 Å². The van der Waals surface area contributed by atoms with Crippen molar-refractivity contribution in [2.24, 2.45) is 5.73 Å². The van der Waals surface area contributed by atoms with E-state index in [1.807, 2.05) is 11.8 Å². The van der Waals surface area contributed by atoms with Gasteiger partial charge in [-0.25, -0.2) is 0 Å². The summed E-state index contributed by atoms with van der Waals surface area (Å²) in [7, 11) is 0. The third-order valence-electron chi connectivity index (χ3n) is 3.24. The number of aryl methyl sites for hydroxylation is 1. The Labute approximate surface area is 120 Å². The van der Waals surface area contributed by atoms with Crippen molar-refractivity contribution < 1.29 is 0 Å². The largest absolute Gasteiger partial charge is 0.324 e. The lowest BCUT2D eigenvalue weighted by molar-refractivity contribution is 0.698. The van der Waals surface area contributed by atoms with Gasteiger partial charge in [-0.3, -0.25) is 0 Å². The highest BCUT2D eigenvalue weighted by Gasteiger charge is 2.03. The number of hydrogen-bond acceptors (Lipinski definition) is 2. The topological polar surface area (TPSA) is 26.0 Å². The SMILES string of the molecule is CC[C@H](N)c1ccc(SCc2cccc(C)c2)cc1. The summed E-state index contributed by atoms with van der Waals surface area (Å²) in [6.45, 7) is 4.25. The highest BCUT2D eigenvalue weighted by Crippen LogP contribution is 2.25. The molecule has 0 saturated heterocycles. The van der Waals surface area contributed by atoms with Gasteiger partial charge >= 0.3 is 0 Å². The summed E-state index contributed by atoms with van der Waals surface area (Å²) in [5.41, 5.74) is 9.94. The zero-order valence-electron chi connectivity index (χ0n) is 11.6. The minimum absolute atomic E-state index is 0.163. The van der Waals surface area contributed by atoms with Crippen LogP contribution in [0.25, 0.3) is 0 Å². The highest BCUT2D eigenvalue weighted by molar-refractivity contribution is 7.98.